The number of nitrogens with one attached hydrogen (secondary N) is 1. The molecule has 0 bridgehead atoms. The van der Waals surface area contributed by atoms with Gasteiger partial charge in [-0.15, -0.1) is 0 Å². The molecular formula is C17H16F3N5O4S2. The maximum Gasteiger partial charge on any atom is 0.435 e. The van der Waals surface area contributed by atoms with Crippen LogP contribution in [0.15, 0.2) is 35.4 Å². The Kier molecular flexibility index (Phi) is 4.96. The monoisotopic (exact) mass is 475 g/mol. The second kappa shape index (κ2) is 7.15. The Balaban J connectivity index is 1.85. The van der Waals surface area contributed by atoms with Crippen molar-refractivity contribution in [2.45, 2.75) is 36.1 Å². The lowest BCUT2D eigenvalue weighted by Gasteiger charge is -2.12. The minimum atomic E-state index is -4.68. The normalized spacial score (nSPS) is 15.4. The number of sulfonamides is 1. The van der Waals surface area contributed by atoms with Crippen molar-refractivity contribution in [2.75, 3.05) is 10.5 Å². The number of hydrogen-bond acceptors (Lipinski definition) is 7. The minimum absolute atomic E-state index is 0.0411. The summed E-state index contributed by atoms with van der Waals surface area (Å²) in [5.41, 5.74) is -1.54. The summed E-state index contributed by atoms with van der Waals surface area (Å²) in [6.07, 6.45) is -2.45. The topological polar surface area (TPSA) is 123 Å². The Bertz CT molecular complexity index is 1380. The average molecular weight is 475 g/mol. The van der Waals surface area contributed by atoms with Crippen LogP contribution in [0.1, 0.15) is 25.5 Å². The number of pyridine rings is 1. The number of anilines is 1. The molecule has 14 heteroatoms. The number of fused-ring (bicyclic) bond motifs is 1. The van der Waals surface area contributed by atoms with Crippen LogP contribution in [-0.2, 0) is 26.0 Å². The van der Waals surface area contributed by atoms with Crippen molar-refractivity contribution < 1.29 is 30.0 Å². The fourth-order valence-electron chi connectivity index (χ4n) is 2.85. The predicted octanol–water partition coefficient (Wildman–Crippen LogP) is 2.51. The summed E-state index contributed by atoms with van der Waals surface area (Å²) < 4.78 is 91.5. The van der Waals surface area contributed by atoms with Gasteiger partial charge in [-0.2, -0.15) is 18.3 Å². The van der Waals surface area contributed by atoms with Crippen LogP contribution in [0.3, 0.4) is 0 Å². The highest BCUT2D eigenvalue weighted by atomic mass is 32.2. The van der Waals surface area contributed by atoms with Crippen molar-refractivity contribution >= 4 is 31.3 Å². The van der Waals surface area contributed by atoms with Gasteiger partial charge in [-0.3, -0.25) is 4.72 Å². The molecule has 3 aromatic heterocycles. The molecule has 1 aliphatic rings. The van der Waals surface area contributed by atoms with Gasteiger partial charge in [0.05, 0.1) is 21.6 Å². The van der Waals surface area contributed by atoms with Gasteiger partial charge in [0, 0.05) is 12.3 Å². The number of hydrogen-bond donors (Lipinski definition) is 1. The van der Waals surface area contributed by atoms with Crippen LogP contribution in [0.25, 0.3) is 17.0 Å². The standard InChI is InChI=1S/C17H16F3N5O4S2/c1-2-30(26,27)12-5-6-14(24-31(28,29)10-3-4-10)22-16(12)11-7-8-25-15(21-11)9-13(23-25)17(18,19)20/h5-10H,2-4H2,1H3,(H,22,24). The second-order valence-corrected chi connectivity index (χ2v) is 11.1. The van der Waals surface area contributed by atoms with Crippen molar-refractivity contribution in [3.63, 3.8) is 0 Å². The van der Waals surface area contributed by atoms with Gasteiger partial charge in [0.25, 0.3) is 0 Å². The summed E-state index contributed by atoms with van der Waals surface area (Å²) >= 11 is 0. The number of nitrogens with zero attached hydrogens (tertiary/aromatic N) is 4. The van der Waals surface area contributed by atoms with Crippen LogP contribution in [0.2, 0.25) is 0 Å². The van der Waals surface area contributed by atoms with Gasteiger partial charge in [-0.05, 0) is 31.0 Å². The number of halogens is 3. The van der Waals surface area contributed by atoms with Gasteiger partial charge >= 0.3 is 6.18 Å². The van der Waals surface area contributed by atoms with E-state index in [2.05, 4.69) is 19.8 Å². The molecule has 1 fully saturated rings. The first-order chi connectivity index (χ1) is 14.4. The predicted molar refractivity (Wildman–Crippen MR) is 105 cm³/mol. The first kappa shape index (κ1) is 21.5. The minimum Gasteiger partial charge on any atom is -0.267 e. The van der Waals surface area contributed by atoms with Gasteiger partial charge < -0.3 is 0 Å². The van der Waals surface area contributed by atoms with E-state index >= 15 is 0 Å². The Morgan fingerprint density at radius 3 is 2.45 bits per heavy atom. The summed E-state index contributed by atoms with van der Waals surface area (Å²) in [6, 6.07) is 4.41. The Labute approximate surface area is 175 Å². The van der Waals surface area contributed by atoms with E-state index in [0.717, 1.165) is 10.6 Å². The van der Waals surface area contributed by atoms with E-state index < -0.39 is 37.0 Å². The van der Waals surface area contributed by atoms with Crippen molar-refractivity contribution in [3.8, 4) is 11.4 Å². The molecule has 3 aromatic rings. The Hall–Kier alpha value is -2.74. The van der Waals surface area contributed by atoms with E-state index in [0.29, 0.717) is 12.8 Å². The maximum atomic E-state index is 12.9. The molecule has 0 unspecified atom stereocenters. The van der Waals surface area contributed by atoms with Crippen molar-refractivity contribution in [3.05, 3.63) is 36.2 Å². The molecule has 0 atom stereocenters. The molecule has 0 aliphatic heterocycles. The third kappa shape index (κ3) is 4.21. The number of rotatable bonds is 6. The number of sulfone groups is 1. The van der Waals surface area contributed by atoms with E-state index in [-0.39, 0.29) is 33.5 Å². The molecule has 4 rings (SSSR count). The van der Waals surface area contributed by atoms with Crippen molar-refractivity contribution in [1.82, 2.24) is 19.6 Å². The van der Waals surface area contributed by atoms with E-state index in [9.17, 15) is 30.0 Å². The molecule has 0 spiro atoms. The molecule has 3 heterocycles. The van der Waals surface area contributed by atoms with Crippen LogP contribution >= 0.6 is 0 Å². The molecule has 1 saturated carbocycles. The second-order valence-electron chi connectivity index (χ2n) is 6.94. The highest BCUT2D eigenvalue weighted by Gasteiger charge is 2.36. The summed E-state index contributed by atoms with van der Waals surface area (Å²) in [5.74, 6) is -0.370. The first-order valence-electron chi connectivity index (χ1n) is 9.10. The third-order valence-electron chi connectivity index (χ3n) is 4.64. The van der Waals surface area contributed by atoms with Gasteiger partial charge in [0.15, 0.2) is 21.2 Å². The largest absolute Gasteiger partial charge is 0.435 e. The summed E-state index contributed by atoms with van der Waals surface area (Å²) in [5, 5.41) is 2.87. The highest BCUT2D eigenvalue weighted by Crippen LogP contribution is 2.32. The lowest BCUT2D eigenvalue weighted by molar-refractivity contribution is -0.141. The maximum absolute atomic E-state index is 12.9. The number of aromatic nitrogens is 4. The Morgan fingerprint density at radius 1 is 1.13 bits per heavy atom. The zero-order valence-electron chi connectivity index (χ0n) is 16.0. The fourth-order valence-corrected chi connectivity index (χ4v) is 5.21. The van der Waals surface area contributed by atoms with Crippen LogP contribution in [-0.4, -0.2) is 47.4 Å². The van der Waals surface area contributed by atoms with Crippen LogP contribution < -0.4 is 4.72 Å². The summed E-state index contributed by atoms with van der Waals surface area (Å²) in [7, 11) is -7.46. The van der Waals surface area contributed by atoms with E-state index in [4.69, 9.17) is 0 Å². The smallest absolute Gasteiger partial charge is 0.267 e. The van der Waals surface area contributed by atoms with E-state index in [1.54, 1.807) is 0 Å². The Morgan fingerprint density at radius 2 is 1.84 bits per heavy atom. The zero-order chi connectivity index (χ0) is 22.6. The van der Waals surface area contributed by atoms with Crippen LogP contribution in [0.4, 0.5) is 19.0 Å². The fraction of sp³-hybridized carbons (Fsp3) is 0.353. The van der Waals surface area contributed by atoms with Gasteiger partial charge in [-0.25, -0.2) is 31.3 Å². The zero-order valence-corrected chi connectivity index (χ0v) is 17.6. The quantitative estimate of drug-likeness (QED) is 0.581. The van der Waals surface area contributed by atoms with Crippen LogP contribution in [0, 0.1) is 0 Å². The molecule has 31 heavy (non-hydrogen) atoms. The van der Waals surface area contributed by atoms with Gasteiger partial charge in [0.2, 0.25) is 10.0 Å². The van der Waals surface area contributed by atoms with Gasteiger partial charge in [-0.1, -0.05) is 6.92 Å². The SMILES string of the molecule is CCS(=O)(=O)c1ccc(NS(=O)(=O)C2CC2)nc1-c1ccn2nc(C(F)(F)F)cc2n1. The third-order valence-corrected chi connectivity index (χ3v) is 8.24. The van der Waals surface area contributed by atoms with E-state index in [1.165, 1.54) is 31.3 Å². The summed E-state index contributed by atoms with van der Waals surface area (Å²) in [4.78, 5) is 7.99. The summed E-state index contributed by atoms with van der Waals surface area (Å²) in [6.45, 7) is 1.42. The molecule has 0 radical (unpaired) electrons. The van der Waals surface area contributed by atoms with E-state index in [1.807, 2.05) is 0 Å². The molecule has 1 N–H and O–H groups in total. The molecular weight excluding hydrogens is 459 g/mol. The molecule has 1 aliphatic carbocycles. The molecule has 9 nitrogen and oxygen atoms in total. The molecule has 0 saturated heterocycles. The van der Waals surface area contributed by atoms with Crippen LogP contribution in [0.5, 0.6) is 0 Å². The highest BCUT2D eigenvalue weighted by molar-refractivity contribution is 7.93. The van der Waals surface area contributed by atoms with Crippen molar-refractivity contribution in [2.24, 2.45) is 0 Å². The molecule has 0 aromatic carbocycles. The lowest BCUT2D eigenvalue weighted by atomic mass is 10.2. The first-order valence-corrected chi connectivity index (χ1v) is 12.3. The van der Waals surface area contributed by atoms with Gasteiger partial charge in [0.1, 0.15) is 11.5 Å². The lowest BCUT2D eigenvalue weighted by Crippen LogP contribution is -2.19. The number of alkyl halides is 3. The van der Waals surface area contributed by atoms with Crippen molar-refractivity contribution in [1.29, 1.82) is 0 Å². The molecule has 166 valence electrons. The molecule has 0 amide bonds. The average Bonchev–Trinajstić information content (AvgIpc) is 3.46.